The lowest BCUT2D eigenvalue weighted by atomic mass is 9.97. The molecule has 1 unspecified atom stereocenters. The molecular weight excluding hydrogens is 386 g/mol. The van der Waals surface area contributed by atoms with Gasteiger partial charge in [-0.2, -0.15) is 0 Å². The highest BCUT2D eigenvalue weighted by molar-refractivity contribution is 5.93. The molecule has 1 aliphatic carbocycles. The summed E-state index contributed by atoms with van der Waals surface area (Å²) in [5.74, 6) is -1.12. The second-order valence-corrected chi connectivity index (χ2v) is 7.85. The van der Waals surface area contributed by atoms with Crippen molar-refractivity contribution in [2.45, 2.75) is 58.0 Å². The van der Waals surface area contributed by atoms with Gasteiger partial charge in [0, 0.05) is 25.7 Å². The Morgan fingerprint density at radius 2 is 2.00 bits per heavy atom. The molecule has 8 heteroatoms. The van der Waals surface area contributed by atoms with Crippen LogP contribution in [0.15, 0.2) is 29.8 Å². The number of carbonyl (C=O) groups excluding carboxylic acids is 2. The zero-order valence-corrected chi connectivity index (χ0v) is 17.4. The average molecular weight is 415 g/mol. The van der Waals surface area contributed by atoms with Crippen LogP contribution in [-0.4, -0.2) is 42.5 Å². The first-order valence-corrected chi connectivity index (χ1v) is 10.7. The lowest BCUT2D eigenvalue weighted by molar-refractivity contribution is -0.384. The predicted molar refractivity (Wildman–Crippen MR) is 114 cm³/mol. The lowest BCUT2D eigenvalue weighted by Crippen LogP contribution is -2.36. The van der Waals surface area contributed by atoms with Crippen LogP contribution in [0, 0.1) is 10.1 Å². The monoisotopic (exact) mass is 415 g/mol. The van der Waals surface area contributed by atoms with E-state index in [0.717, 1.165) is 45.2 Å². The number of amides is 1. The van der Waals surface area contributed by atoms with Crippen molar-refractivity contribution in [3.63, 3.8) is 0 Å². The van der Waals surface area contributed by atoms with Gasteiger partial charge in [-0.05, 0) is 64.0 Å². The number of hydrogen-bond donors (Lipinski definition) is 1. The molecule has 1 heterocycles. The van der Waals surface area contributed by atoms with Gasteiger partial charge in [-0.3, -0.25) is 14.9 Å². The molecular formula is C22H29N3O5. The Balaban J connectivity index is 1.56. The normalized spacial score (nSPS) is 17.2. The third-order valence-electron chi connectivity index (χ3n) is 5.64. The van der Waals surface area contributed by atoms with Crippen LogP contribution in [0.5, 0.6) is 0 Å². The van der Waals surface area contributed by atoms with Crippen molar-refractivity contribution in [3.05, 3.63) is 45.5 Å². The molecule has 1 amide bonds. The maximum atomic E-state index is 12.4. The molecule has 1 N–H and O–H groups in total. The first-order chi connectivity index (χ1) is 14.5. The van der Waals surface area contributed by atoms with E-state index in [0.29, 0.717) is 12.2 Å². The molecule has 1 fully saturated rings. The zero-order chi connectivity index (χ0) is 21.5. The number of esters is 1. The Morgan fingerprint density at radius 1 is 1.23 bits per heavy atom. The highest BCUT2D eigenvalue weighted by Gasteiger charge is 2.25. The van der Waals surface area contributed by atoms with Gasteiger partial charge in [0.1, 0.15) is 5.69 Å². The summed E-state index contributed by atoms with van der Waals surface area (Å²) in [6, 6.07) is 4.34. The maximum absolute atomic E-state index is 12.4. The van der Waals surface area contributed by atoms with E-state index in [1.807, 2.05) is 4.90 Å². The van der Waals surface area contributed by atoms with Crippen LogP contribution in [0.2, 0.25) is 0 Å². The van der Waals surface area contributed by atoms with Crippen molar-refractivity contribution >= 4 is 23.3 Å². The van der Waals surface area contributed by atoms with Gasteiger partial charge in [0.2, 0.25) is 0 Å². The van der Waals surface area contributed by atoms with E-state index in [4.69, 9.17) is 4.74 Å². The Hall–Kier alpha value is -2.90. The van der Waals surface area contributed by atoms with E-state index >= 15 is 0 Å². The standard InChI is InChI=1S/C22H29N3O5/c1-16(21(26)23-12-11-17-7-3-2-4-8-17)30-22(27)18-9-10-19(20(15-18)25(28)29)24-13-5-6-14-24/h7,9-10,15-16H,2-6,8,11-14H2,1H3,(H,23,26). The van der Waals surface area contributed by atoms with Crippen molar-refractivity contribution in [2.75, 3.05) is 24.5 Å². The summed E-state index contributed by atoms with van der Waals surface area (Å²) in [6.07, 6.45) is 8.63. The number of nitrogens with zero attached hydrogens (tertiary/aromatic N) is 2. The fourth-order valence-electron chi connectivity index (χ4n) is 3.93. The fraction of sp³-hybridized carbons (Fsp3) is 0.545. The smallest absolute Gasteiger partial charge is 0.339 e. The Kier molecular flexibility index (Phi) is 7.43. The molecule has 0 radical (unpaired) electrons. The highest BCUT2D eigenvalue weighted by Crippen LogP contribution is 2.32. The van der Waals surface area contributed by atoms with Gasteiger partial charge in [-0.25, -0.2) is 4.79 Å². The third-order valence-corrected chi connectivity index (χ3v) is 5.64. The minimum absolute atomic E-state index is 0.0664. The zero-order valence-electron chi connectivity index (χ0n) is 17.4. The van der Waals surface area contributed by atoms with Crippen LogP contribution >= 0.6 is 0 Å². The fourth-order valence-corrected chi connectivity index (χ4v) is 3.93. The van der Waals surface area contributed by atoms with E-state index < -0.39 is 17.0 Å². The summed E-state index contributed by atoms with van der Waals surface area (Å²) in [7, 11) is 0. The molecule has 1 aromatic rings. The molecule has 1 atom stereocenters. The van der Waals surface area contributed by atoms with Crippen molar-refractivity contribution < 1.29 is 19.2 Å². The second kappa shape index (κ2) is 10.2. The summed E-state index contributed by atoms with van der Waals surface area (Å²) < 4.78 is 5.24. The van der Waals surface area contributed by atoms with E-state index in [1.165, 1.54) is 37.5 Å². The van der Waals surface area contributed by atoms with Gasteiger partial charge in [-0.1, -0.05) is 11.6 Å². The number of nitro groups is 1. The second-order valence-electron chi connectivity index (χ2n) is 7.85. The minimum atomic E-state index is -0.977. The largest absolute Gasteiger partial charge is 0.449 e. The van der Waals surface area contributed by atoms with E-state index in [1.54, 1.807) is 6.07 Å². The van der Waals surface area contributed by atoms with Crippen LogP contribution in [0.4, 0.5) is 11.4 Å². The number of nitrogens with one attached hydrogen (secondary N) is 1. The molecule has 1 saturated heterocycles. The van der Waals surface area contributed by atoms with Crippen LogP contribution in [0.25, 0.3) is 0 Å². The highest BCUT2D eigenvalue weighted by atomic mass is 16.6. The summed E-state index contributed by atoms with van der Waals surface area (Å²) in [5.41, 5.74) is 1.81. The van der Waals surface area contributed by atoms with E-state index in [-0.39, 0.29) is 17.2 Å². The van der Waals surface area contributed by atoms with Crippen LogP contribution in [0.1, 0.15) is 62.2 Å². The first kappa shape index (κ1) is 21.8. The minimum Gasteiger partial charge on any atom is -0.449 e. The summed E-state index contributed by atoms with van der Waals surface area (Å²) in [5, 5.41) is 14.3. The molecule has 3 rings (SSSR count). The van der Waals surface area contributed by atoms with Crippen LogP contribution in [-0.2, 0) is 9.53 Å². The van der Waals surface area contributed by atoms with E-state index in [9.17, 15) is 19.7 Å². The predicted octanol–water partition coefficient (Wildman–Crippen LogP) is 3.75. The number of rotatable bonds is 8. The number of ether oxygens (including phenoxy) is 1. The molecule has 0 aromatic heterocycles. The summed E-state index contributed by atoms with van der Waals surface area (Å²) in [6.45, 7) is 3.53. The number of carbonyl (C=O) groups is 2. The lowest BCUT2D eigenvalue weighted by Gasteiger charge is -2.18. The number of anilines is 1. The summed E-state index contributed by atoms with van der Waals surface area (Å²) in [4.78, 5) is 37.6. The number of allylic oxidation sites excluding steroid dienone is 1. The van der Waals surface area contributed by atoms with Gasteiger partial charge in [0.15, 0.2) is 6.10 Å². The van der Waals surface area contributed by atoms with Gasteiger partial charge >= 0.3 is 5.97 Å². The number of benzene rings is 1. The third kappa shape index (κ3) is 5.58. The first-order valence-electron chi connectivity index (χ1n) is 10.7. The topological polar surface area (TPSA) is 102 Å². The molecule has 8 nitrogen and oxygen atoms in total. The van der Waals surface area contributed by atoms with Gasteiger partial charge < -0.3 is 15.0 Å². The molecule has 2 aliphatic rings. The van der Waals surface area contributed by atoms with Crippen molar-refractivity contribution in [1.82, 2.24) is 5.32 Å². The van der Waals surface area contributed by atoms with Crippen LogP contribution in [0.3, 0.4) is 0 Å². The van der Waals surface area contributed by atoms with Crippen molar-refractivity contribution in [2.24, 2.45) is 0 Å². The SMILES string of the molecule is CC(OC(=O)c1ccc(N2CCCC2)c([N+](=O)[O-])c1)C(=O)NCCC1=CCCCC1. The van der Waals surface area contributed by atoms with Crippen molar-refractivity contribution in [1.29, 1.82) is 0 Å². The van der Waals surface area contributed by atoms with Gasteiger partial charge in [0.05, 0.1) is 10.5 Å². The Labute approximate surface area is 176 Å². The Morgan fingerprint density at radius 3 is 2.67 bits per heavy atom. The molecule has 162 valence electrons. The Bertz CT molecular complexity index is 830. The van der Waals surface area contributed by atoms with Gasteiger partial charge in [0.25, 0.3) is 11.6 Å². The van der Waals surface area contributed by atoms with Gasteiger partial charge in [-0.15, -0.1) is 0 Å². The van der Waals surface area contributed by atoms with E-state index in [2.05, 4.69) is 11.4 Å². The maximum Gasteiger partial charge on any atom is 0.339 e. The van der Waals surface area contributed by atoms with Crippen molar-refractivity contribution in [3.8, 4) is 0 Å². The number of nitro benzene ring substituents is 1. The molecule has 0 bridgehead atoms. The molecule has 0 saturated carbocycles. The number of hydrogen-bond acceptors (Lipinski definition) is 6. The average Bonchev–Trinajstić information content (AvgIpc) is 3.28. The molecule has 1 aliphatic heterocycles. The summed E-state index contributed by atoms with van der Waals surface area (Å²) >= 11 is 0. The molecule has 0 spiro atoms. The quantitative estimate of drug-likeness (QED) is 0.300. The molecule has 1 aromatic carbocycles. The van der Waals surface area contributed by atoms with Crippen LogP contribution < -0.4 is 10.2 Å². The molecule has 30 heavy (non-hydrogen) atoms.